The highest BCUT2D eigenvalue weighted by atomic mass is 35.5. The van der Waals surface area contributed by atoms with Gasteiger partial charge < -0.3 is 10.2 Å². The molecule has 2 aromatic rings. The molecule has 0 aliphatic carbocycles. The van der Waals surface area contributed by atoms with Gasteiger partial charge in [0, 0.05) is 6.20 Å². The van der Waals surface area contributed by atoms with Crippen LogP contribution in [0.25, 0.3) is 0 Å². The molecule has 2 N–H and O–H groups in total. The number of esters is 1. The Morgan fingerprint density at radius 1 is 1.29 bits per heavy atom. The van der Waals surface area contributed by atoms with Crippen molar-refractivity contribution in [1.29, 1.82) is 0 Å². The number of carbonyl (C=O) groups excluding carboxylic acids is 3. The van der Waals surface area contributed by atoms with Gasteiger partial charge in [-0.2, -0.15) is 0 Å². The third-order valence-electron chi connectivity index (χ3n) is 3.96. The van der Waals surface area contributed by atoms with Crippen molar-refractivity contribution >= 4 is 52.5 Å². The molecule has 2 amide bonds. The van der Waals surface area contributed by atoms with Gasteiger partial charge in [-0.15, -0.1) is 0 Å². The van der Waals surface area contributed by atoms with Gasteiger partial charge in [0.1, 0.15) is 6.04 Å². The quantitative estimate of drug-likeness (QED) is 0.419. The molecule has 0 unspecified atom stereocenters. The van der Waals surface area contributed by atoms with Crippen LogP contribution in [0, 0.1) is 0 Å². The largest absolute Gasteiger partial charge is 0.462 e. The number of hydrogen-bond donors (Lipinski definition) is 2. The zero-order valence-corrected chi connectivity index (χ0v) is 16.3. The van der Waals surface area contributed by atoms with Crippen molar-refractivity contribution in [2.24, 2.45) is 0 Å². The van der Waals surface area contributed by atoms with Crippen molar-refractivity contribution < 1.29 is 19.1 Å². The lowest BCUT2D eigenvalue weighted by molar-refractivity contribution is -0.121. The lowest BCUT2D eigenvalue weighted by Gasteiger charge is -2.16. The van der Waals surface area contributed by atoms with Gasteiger partial charge in [-0.25, -0.2) is 20.1 Å². The highest BCUT2D eigenvalue weighted by Crippen LogP contribution is 2.25. The van der Waals surface area contributed by atoms with Crippen LogP contribution in [-0.2, 0) is 14.3 Å². The van der Waals surface area contributed by atoms with Crippen LogP contribution in [0.15, 0.2) is 36.5 Å². The minimum atomic E-state index is -0.800. The first-order valence-corrected chi connectivity index (χ1v) is 9.13. The molecule has 1 fully saturated rings. The van der Waals surface area contributed by atoms with Crippen molar-refractivity contribution in [3.63, 3.8) is 0 Å². The highest BCUT2D eigenvalue weighted by Gasteiger charge is 2.39. The Balaban J connectivity index is 1.68. The summed E-state index contributed by atoms with van der Waals surface area (Å²) in [5.74, 6) is -0.998. The molecule has 0 spiro atoms. The maximum atomic E-state index is 12.6. The molecule has 146 valence electrons. The first-order chi connectivity index (χ1) is 13.4. The van der Waals surface area contributed by atoms with Crippen LogP contribution in [0.2, 0.25) is 10.0 Å². The maximum absolute atomic E-state index is 12.6. The Kier molecular flexibility index (Phi) is 6.13. The number of anilines is 2. The van der Waals surface area contributed by atoms with Crippen LogP contribution in [0.3, 0.4) is 0 Å². The molecule has 1 aliphatic rings. The smallest absolute Gasteiger partial charge is 0.338 e. The van der Waals surface area contributed by atoms with Gasteiger partial charge in [0.05, 0.1) is 34.3 Å². The number of hydrazine groups is 1. The van der Waals surface area contributed by atoms with Gasteiger partial charge >= 0.3 is 5.97 Å². The van der Waals surface area contributed by atoms with E-state index < -0.39 is 17.9 Å². The summed E-state index contributed by atoms with van der Waals surface area (Å²) < 4.78 is 4.91. The van der Waals surface area contributed by atoms with Crippen LogP contribution >= 0.6 is 23.2 Å². The summed E-state index contributed by atoms with van der Waals surface area (Å²) in [5, 5.41) is 0.642. The summed E-state index contributed by atoms with van der Waals surface area (Å²) in [6.45, 7) is 1.97. The Hall–Kier alpha value is -2.68. The Morgan fingerprint density at radius 3 is 2.64 bits per heavy atom. The predicted molar refractivity (Wildman–Crippen MR) is 104 cm³/mol. The molecule has 3 rings (SSSR count). The number of carbonyl (C=O) groups is 3. The number of imide groups is 1. The van der Waals surface area contributed by atoms with E-state index in [0.29, 0.717) is 16.3 Å². The molecule has 1 saturated heterocycles. The normalized spacial score (nSPS) is 16.4. The molecule has 1 aliphatic heterocycles. The molecule has 28 heavy (non-hydrogen) atoms. The number of ether oxygens (including phenoxy) is 1. The van der Waals surface area contributed by atoms with Crippen molar-refractivity contribution in [2.45, 2.75) is 19.4 Å². The molecular weight excluding hydrogens is 407 g/mol. The van der Waals surface area contributed by atoms with Crippen molar-refractivity contribution in [3.8, 4) is 0 Å². The van der Waals surface area contributed by atoms with E-state index in [1.807, 2.05) is 0 Å². The summed E-state index contributed by atoms with van der Waals surface area (Å²) in [6.07, 6.45) is 1.35. The fourth-order valence-corrected chi connectivity index (χ4v) is 3.07. The lowest BCUT2D eigenvalue weighted by Crippen LogP contribution is -2.41. The molecule has 1 aromatic heterocycles. The second kappa shape index (κ2) is 8.55. The van der Waals surface area contributed by atoms with Crippen LogP contribution in [-0.4, -0.2) is 35.4 Å². The zero-order valence-electron chi connectivity index (χ0n) is 14.7. The number of rotatable bonds is 6. The average Bonchev–Trinajstić information content (AvgIpc) is 2.95. The Labute approximate surface area is 170 Å². The fraction of sp³-hybridized carbons (Fsp3) is 0.222. The number of nitrogens with one attached hydrogen (secondary N) is 2. The summed E-state index contributed by atoms with van der Waals surface area (Å²) in [5.41, 5.74) is 6.20. The fourth-order valence-electron chi connectivity index (χ4n) is 2.64. The topological polar surface area (TPSA) is 101 Å². The van der Waals surface area contributed by atoms with Gasteiger partial charge in [0.15, 0.2) is 5.82 Å². The molecular formula is C18H16Cl2N4O4. The van der Waals surface area contributed by atoms with Gasteiger partial charge in [0.2, 0.25) is 5.91 Å². The van der Waals surface area contributed by atoms with E-state index in [1.54, 1.807) is 6.92 Å². The van der Waals surface area contributed by atoms with E-state index in [2.05, 4.69) is 15.8 Å². The third kappa shape index (κ3) is 4.24. The monoisotopic (exact) mass is 422 g/mol. The van der Waals surface area contributed by atoms with E-state index in [0.717, 1.165) is 4.90 Å². The number of benzene rings is 1. The minimum Gasteiger partial charge on any atom is -0.462 e. The summed E-state index contributed by atoms with van der Waals surface area (Å²) in [4.78, 5) is 41.7. The number of pyridine rings is 1. The van der Waals surface area contributed by atoms with Crippen LogP contribution in [0.1, 0.15) is 23.7 Å². The third-order valence-corrected chi connectivity index (χ3v) is 4.45. The molecule has 1 atom stereocenters. The molecule has 10 heteroatoms. The standard InChI is InChI=1S/C18H16Cl2N4O4/c1-2-28-18(27)10-3-5-12(6-4-10)24-15(25)8-14(17(24)26)22-23-16-13(20)7-11(19)9-21-16/h3-7,9,14,22H,2,8H2,1H3,(H,21,23)/t14-/m1/s1. The highest BCUT2D eigenvalue weighted by molar-refractivity contribution is 6.36. The molecule has 0 radical (unpaired) electrons. The number of nitrogens with zero attached hydrogens (tertiary/aromatic N) is 2. The van der Waals surface area contributed by atoms with Crippen molar-refractivity contribution in [1.82, 2.24) is 10.4 Å². The van der Waals surface area contributed by atoms with Gasteiger partial charge in [-0.1, -0.05) is 23.2 Å². The predicted octanol–water partition coefficient (Wildman–Crippen LogP) is 2.81. The van der Waals surface area contributed by atoms with Gasteiger partial charge in [0.25, 0.3) is 5.91 Å². The zero-order chi connectivity index (χ0) is 20.3. The van der Waals surface area contributed by atoms with Crippen LogP contribution < -0.4 is 15.8 Å². The summed E-state index contributed by atoms with van der Waals surface area (Å²) in [6, 6.07) is 6.75. The first kappa shape index (κ1) is 20.1. The number of amides is 2. The molecule has 8 nitrogen and oxygen atoms in total. The molecule has 2 heterocycles. The number of hydrogen-bond acceptors (Lipinski definition) is 7. The van der Waals surface area contributed by atoms with E-state index in [4.69, 9.17) is 27.9 Å². The Morgan fingerprint density at radius 2 is 2.00 bits per heavy atom. The summed E-state index contributed by atoms with van der Waals surface area (Å²) in [7, 11) is 0. The van der Waals surface area contributed by atoms with E-state index in [9.17, 15) is 14.4 Å². The van der Waals surface area contributed by atoms with Gasteiger partial charge in [-0.3, -0.25) is 9.59 Å². The first-order valence-electron chi connectivity index (χ1n) is 8.37. The van der Waals surface area contributed by atoms with Gasteiger partial charge in [-0.05, 0) is 37.3 Å². The lowest BCUT2D eigenvalue weighted by atomic mass is 10.2. The SMILES string of the molecule is CCOC(=O)c1ccc(N2C(=O)C[C@@H](NNc3ncc(Cl)cc3Cl)C2=O)cc1. The van der Waals surface area contributed by atoms with Crippen molar-refractivity contribution in [2.75, 3.05) is 16.9 Å². The second-order valence-electron chi connectivity index (χ2n) is 5.84. The summed E-state index contributed by atoms with van der Waals surface area (Å²) >= 11 is 11.8. The number of aromatic nitrogens is 1. The molecule has 1 aromatic carbocycles. The van der Waals surface area contributed by atoms with Crippen LogP contribution in [0.4, 0.5) is 11.5 Å². The molecule has 0 bridgehead atoms. The number of halogens is 2. The second-order valence-corrected chi connectivity index (χ2v) is 6.69. The van der Waals surface area contributed by atoms with E-state index in [1.165, 1.54) is 36.5 Å². The molecule has 0 saturated carbocycles. The van der Waals surface area contributed by atoms with E-state index >= 15 is 0 Å². The minimum absolute atomic E-state index is 0.0450. The Bertz CT molecular complexity index is 920. The van der Waals surface area contributed by atoms with Crippen molar-refractivity contribution in [3.05, 3.63) is 52.1 Å². The average molecular weight is 423 g/mol. The maximum Gasteiger partial charge on any atom is 0.338 e. The van der Waals surface area contributed by atoms with E-state index in [-0.39, 0.29) is 29.8 Å². The van der Waals surface area contributed by atoms with Crippen LogP contribution in [0.5, 0.6) is 0 Å².